The molecule has 0 spiro atoms. The summed E-state index contributed by atoms with van der Waals surface area (Å²) in [5.74, 6) is 1.60. The highest BCUT2D eigenvalue weighted by molar-refractivity contribution is 9.10. The van der Waals surface area contributed by atoms with E-state index in [2.05, 4.69) is 36.2 Å². The van der Waals surface area contributed by atoms with Crippen molar-refractivity contribution in [3.05, 3.63) is 82.9 Å². The SMILES string of the molecule is Cc1cc(Nc2ncnc3ccc(Br)cc23)ccc1OCc1ccccn1. The fraction of sp³-hybridized carbons (Fsp3) is 0.0952. The molecule has 134 valence electrons. The van der Waals surface area contributed by atoms with Crippen LogP contribution in [0.4, 0.5) is 11.5 Å². The molecule has 0 amide bonds. The van der Waals surface area contributed by atoms with Crippen molar-refractivity contribution in [1.29, 1.82) is 0 Å². The van der Waals surface area contributed by atoms with Crippen molar-refractivity contribution in [2.45, 2.75) is 13.5 Å². The standard InChI is InChI=1S/C21H17BrN4O/c1-14-10-16(6-8-20(14)27-12-17-4-2-3-9-23-17)26-21-18-11-15(22)5-7-19(18)24-13-25-21/h2-11,13H,12H2,1H3,(H,24,25,26). The van der Waals surface area contributed by atoms with Crippen LogP contribution in [0, 0.1) is 6.92 Å². The summed E-state index contributed by atoms with van der Waals surface area (Å²) in [5.41, 5.74) is 3.77. The molecule has 5 nitrogen and oxygen atoms in total. The lowest BCUT2D eigenvalue weighted by molar-refractivity contribution is 0.299. The molecule has 0 aliphatic carbocycles. The quantitative estimate of drug-likeness (QED) is 0.467. The van der Waals surface area contributed by atoms with Crippen molar-refractivity contribution in [3.63, 3.8) is 0 Å². The third kappa shape index (κ3) is 4.06. The van der Waals surface area contributed by atoms with Gasteiger partial charge in [0.05, 0.1) is 11.2 Å². The topological polar surface area (TPSA) is 59.9 Å². The Morgan fingerprint density at radius 1 is 1.00 bits per heavy atom. The third-order valence-corrected chi connectivity index (χ3v) is 4.63. The van der Waals surface area contributed by atoms with Gasteiger partial charge in [0.15, 0.2) is 0 Å². The van der Waals surface area contributed by atoms with Gasteiger partial charge in [-0.05, 0) is 61.0 Å². The minimum Gasteiger partial charge on any atom is -0.487 e. The Balaban J connectivity index is 1.54. The Hall–Kier alpha value is -2.99. The summed E-state index contributed by atoms with van der Waals surface area (Å²) in [6, 6.07) is 17.7. The maximum Gasteiger partial charge on any atom is 0.141 e. The van der Waals surface area contributed by atoms with Gasteiger partial charge in [-0.15, -0.1) is 0 Å². The number of nitrogens with one attached hydrogen (secondary N) is 1. The molecule has 0 fully saturated rings. The minimum atomic E-state index is 0.443. The van der Waals surface area contributed by atoms with Crippen molar-refractivity contribution in [2.24, 2.45) is 0 Å². The van der Waals surface area contributed by atoms with Crippen LogP contribution in [-0.2, 0) is 6.61 Å². The van der Waals surface area contributed by atoms with Gasteiger partial charge in [0.1, 0.15) is 24.5 Å². The van der Waals surface area contributed by atoms with Crippen LogP contribution in [0.2, 0.25) is 0 Å². The molecule has 4 rings (SSSR count). The zero-order valence-corrected chi connectivity index (χ0v) is 16.3. The first-order valence-corrected chi connectivity index (χ1v) is 9.29. The summed E-state index contributed by atoms with van der Waals surface area (Å²) >= 11 is 3.50. The van der Waals surface area contributed by atoms with E-state index in [-0.39, 0.29) is 0 Å². The van der Waals surface area contributed by atoms with Gasteiger partial charge in [-0.2, -0.15) is 0 Å². The molecule has 1 N–H and O–H groups in total. The smallest absolute Gasteiger partial charge is 0.141 e. The molecule has 2 heterocycles. The highest BCUT2D eigenvalue weighted by Gasteiger charge is 2.07. The first-order chi connectivity index (χ1) is 13.2. The van der Waals surface area contributed by atoms with Gasteiger partial charge in [0.25, 0.3) is 0 Å². The fourth-order valence-corrected chi connectivity index (χ4v) is 3.15. The number of rotatable bonds is 5. The van der Waals surface area contributed by atoms with Crippen LogP contribution in [0.15, 0.2) is 71.6 Å². The lowest BCUT2D eigenvalue weighted by Gasteiger charge is -2.12. The molecular formula is C21H17BrN4O. The van der Waals surface area contributed by atoms with Gasteiger partial charge in [-0.1, -0.05) is 22.0 Å². The highest BCUT2D eigenvalue weighted by Crippen LogP contribution is 2.28. The van der Waals surface area contributed by atoms with E-state index in [0.29, 0.717) is 6.61 Å². The Morgan fingerprint density at radius 2 is 1.93 bits per heavy atom. The normalized spacial score (nSPS) is 10.7. The maximum atomic E-state index is 5.89. The van der Waals surface area contributed by atoms with Crippen molar-refractivity contribution in [2.75, 3.05) is 5.32 Å². The number of aryl methyl sites for hydroxylation is 1. The van der Waals surface area contributed by atoms with Gasteiger partial charge in [0.2, 0.25) is 0 Å². The van der Waals surface area contributed by atoms with Crippen molar-refractivity contribution < 1.29 is 4.74 Å². The van der Waals surface area contributed by atoms with Crippen LogP contribution in [-0.4, -0.2) is 15.0 Å². The summed E-state index contributed by atoms with van der Waals surface area (Å²) in [4.78, 5) is 13.0. The van der Waals surface area contributed by atoms with Gasteiger partial charge < -0.3 is 10.1 Å². The van der Waals surface area contributed by atoms with Crippen molar-refractivity contribution >= 4 is 38.3 Å². The molecule has 2 aromatic carbocycles. The summed E-state index contributed by atoms with van der Waals surface area (Å²) in [6.45, 7) is 2.46. The molecule has 0 unspecified atom stereocenters. The third-order valence-electron chi connectivity index (χ3n) is 4.14. The van der Waals surface area contributed by atoms with Crippen LogP contribution in [0.5, 0.6) is 5.75 Å². The summed E-state index contributed by atoms with van der Waals surface area (Å²) in [7, 11) is 0. The monoisotopic (exact) mass is 420 g/mol. The van der Waals surface area contributed by atoms with Crippen LogP contribution >= 0.6 is 15.9 Å². The predicted molar refractivity (Wildman–Crippen MR) is 110 cm³/mol. The molecule has 4 aromatic rings. The molecule has 0 saturated heterocycles. The largest absolute Gasteiger partial charge is 0.487 e. The van der Waals surface area contributed by atoms with Gasteiger partial charge >= 0.3 is 0 Å². The van der Waals surface area contributed by atoms with E-state index in [1.807, 2.05) is 61.5 Å². The Bertz CT molecular complexity index is 1090. The maximum absolute atomic E-state index is 5.89. The van der Waals surface area contributed by atoms with Crippen LogP contribution < -0.4 is 10.1 Å². The lowest BCUT2D eigenvalue weighted by atomic mass is 10.2. The van der Waals surface area contributed by atoms with Gasteiger partial charge in [-0.3, -0.25) is 4.98 Å². The lowest BCUT2D eigenvalue weighted by Crippen LogP contribution is -2.00. The first kappa shape index (κ1) is 17.4. The number of hydrogen-bond donors (Lipinski definition) is 1. The number of fused-ring (bicyclic) bond motifs is 1. The molecule has 0 aliphatic rings. The molecule has 0 atom stereocenters. The van der Waals surface area contributed by atoms with Gasteiger partial charge in [0, 0.05) is 21.7 Å². The highest BCUT2D eigenvalue weighted by atomic mass is 79.9. The number of halogens is 1. The molecule has 2 aromatic heterocycles. The number of nitrogens with zero attached hydrogens (tertiary/aromatic N) is 3. The second-order valence-corrected chi connectivity index (χ2v) is 7.01. The van der Waals surface area contributed by atoms with Crippen molar-refractivity contribution in [1.82, 2.24) is 15.0 Å². The summed E-state index contributed by atoms with van der Waals surface area (Å²) in [6.07, 6.45) is 3.33. The molecular weight excluding hydrogens is 404 g/mol. The van der Waals surface area contributed by atoms with Gasteiger partial charge in [-0.25, -0.2) is 9.97 Å². The van der Waals surface area contributed by atoms with Crippen molar-refractivity contribution in [3.8, 4) is 5.75 Å². The zero-order chi connectivity index (χ0) is 18.6. The van der Waals surface area contributed by atoms with E-state index in [4.69, 9.17) is 4.74 Å². The zero-order valence-electron chi connectivity index (χ0n) is 14.7. The van der Waals surface area contributed by atoms with E-state index in [0.717, 1.165) is 43.9 Å². The van der Waals surface area contributed by atoms with E-state index < -0.39 is 0 Å². The van der Waals surface area contributed by atoms with E-state index >= 15 is 0 Å². The second kappa shape index (κ2) is 7.72. The van der Waals surface area contributed by atoms with Crippen LogP contribution in [0.25, 0.3) is 10.9 Å². The molecule has 0 aliphatic heterocycles. The summed E-state index contributed by atoms with van der Waals surface area (Å²) in [5, 5.41) is 4.33. The predicted octanol–water partition coefficient (Wildman–Crippen LogP) is 5.42. The Morgan fingerprint density at radius 3 is 2.74 bits per heavy atom. The number of anilines is 2. The van der Waals surface area contributed by atoms with Crippen LogP contribution in [0.3, 0.4) is 0 Å². The van der Waals surface area contributed by atoms with Crippen LogP contribution in [0.1, 0.15) is 11.3 Å². The molecule has 27 heavy (non-hydrogen) atoms. The molecule has 0 radical (unpaired) electrons. The number of ether oxygens (including phenoxy) is 1. The second-order valence-electron chi connectivity index (χ2n) is 6.10. The summed E-state index contributed by atoms with van der Waals surface area (Å²) < 4.78 is 6.88. The number of benzene rings is 2. The average Bonchev–Trinajstić information content (AvgIpc) is 2.69. The van der Waals surface area contributed by atoms with E-state index in [1.54, 1.807) is 12.5 Å². The Labute approximate surface area is 165 Å². The fourth-order valence-electron chi connectivity index (χ4n) is 2.79. The van der Waals surface area contributed by atoms with E-state index in [9.17, 15) is 0 Å². The average molecular weight is 421 g/mol. The Kier molecular flexibility index (Phi) is 4.98. The minimum absolute atomic E-state index is 0.443. The molecule has 6 heteroatoms. The first-order valence-electron chi connectivity index (χ1n) is 8.50. The van der Waals surface area contributed by atoms with E-state index in [1.165, 1.54) is 0 Å². The molecule has 0 bridgehead atoms. The molecule has 0 saturated carbocycles. The number of aromatic nitrogens is 3. The number of pyridine rings is 1. The number of hydrogen-bond acceptors (Lipinski definition) is 5.